The first kappa shape index (κ1) is 12.7. The molecule has 0 heterocycles. The molecule has 0 spiro atoms. The Morgan fingerprint density at radius 2 is 1.85 bits per heavy atom. The standard InChI is InChI=1S/C17H18N2O/c18-17(20)14-7-4-8-15(11-14)19-16(13-9-10-13)12-5-2-1-3-6-12/h1-8,11,13,16,19H,9-10H2,(H2,18,20). The number of nitrogens with one attached hydrogen (secondary N) is 1. The second-order valence-electron chi connectivity index (χ2n) is 5.32. The maximum absolute atomic E-state index is 11.2. The van der Waals surface area contributed by atoms with E-state index in [2.05, 4.69) is 29.6 Å². The molecule has 2 aromatic carbocycles. The number of carbonyl (C=O) groups excluding carboxylic acids is 1. The summed E-state index contributed by atoms with van der Waals surface area (Å²) in [5.74, 6) is 0.283. The minimum atomic E-state index is -0.392. The molecule has 20 heavy (non-hydrogen) atoms. The molecule has 3 N–H and O–H groups in total. The van der Waals surface area contributed by atoms with Crippen LogP contribution in [0.2, 0.25) is 0 Å². The Labute approximate surface area is 118 Å². The Balaban J connectivity index is 1.84. The van der Waals surface area contributed by atoms with E-state index in [1.165, 1.54) is 18.4 Å². The molecule has 0 aliphatic heterocycles. The summed E-state index contributed by atoms with van der Waals surface area (Å²) in [4.78, 5) is 11.2. The molecular formula is C17H18N2O. The van der Waals surface area contributed by atoms with E-state index in [1.54, 1.807) is 6.07 Å². The first-order valence-corrected chi connectivity index (χ1v) is 6.95. The SMILES string of the molecule is NC(=O)c1cccc(NC(c2ccccc2)C2CC2)c1. The highest BCUT2D eigenvalue weighted by Crippen LogP contribution is 2.42. The van der Waals surface area contributed by atoms with Crippen molar-refractivity contribution in [3.63, 3.8) is 0 Å². The predicted octanol–water partition coefficient (Wildman–Crippen LogP) is 3.35. The highest BCUT2D eigenvalue weighted by atomic mass is 16.1. The third-order valence-electron chi connectivity index (χ3n) is 3.72. The van der Waals surface area contributed by atoms with Crippen LogP contribution in [0.1, 0.15) is 34.8 Å². The Morgan fingerprint density at radius 3 is 2.50 bits per heavy atom. The van der Waals surface area contributed by atoms with Crippen LogP contribution in [-0.2, 0) is 0 Å². The fourth-order valence-corrected chi connectivity index (χ4v) is 2.51. The summed E-state index contributed by atoms with van der Waals surface area (Å²) in [6.07, 6.45) is 2.50. The number of amides is 1. The van der Waals surface area contributed by atoms with Crippen LogP contribution >= 0.6 is 0 Å². The van der Waals surface area contributed by atoms with Crippen LogP contribution in [0.5, 0.6) is 0 Å². The van der Waals surface area contributed by atoms with Crippen molar-refractivity contribution in [2.24, 2.45) is 11.7 Å². The number of benzene rings is 2. The van der Waals surface area contributed by atoms with Crippen LogP contribution in [0, 0.1) is 5.92 Å². The summed E-state index contributed by atoms with van der Waals surface area (Å²) in [5, 5.41) is 3.54. The second-order valence-corrected chi connectivity index (χ2v) is 5.32. The van der Waals surface area contributed by atoms with Crippen molar-refractivity contribution in [1.29, 1.82) is 0 Å². The van der Waals surface area contributed by atoms with Crippen LogP contribution in [0.3, 0.4) is 0 Å². The van der Waals surface area contributed by atoms with Gasteiger partial charge in [-0.25, -0.2) is 0 Å². The highest BCUT2D eigenvalue weighted by molar-refractivity contribution is 5.93. The highest BCUT2D eigenvalue weighted by Gasteiger charge is 2.32. The topological polar surface area (TPSA) is 55.1 Å². The third kappa shape index (κ3) is 2.82. The van der Waals surface area contributed by atoms with Gasteiger partial charge in [0, 0.05) is 11.3 Å². The molecule has 0 radical (unpaired) electrons. The van der Waals surface area contributed by atoms with E-state index >= 15 is 0 Å². The molecule has 0 saturated heterocycles. The van der Waals surface area contributed by atoms with Crippen LogP contribution in [0.15, 0.2) is 54.6 Å². The van der Waals surface area contributed by atoms with Crippen LogP contribution < -0.4 is 11.1 Å². The number of nitrogens with two attached hydrogens (primary N) is 1. The van der Waals surface area contributed by atoms with Crippen molar-refractivity contribution in [1.82, 2.24) is 0 Å². The molecule has 3 heteroatoms. The molecule has 1 atom stereocenters. The zero-order chi connectivity index (χ0) is 13.9. The normalized spacial score (nSPS) is 15.6. The van der Waals surface area contributed by atoms with Gasteiger partial charge in [0.25, 0.3) is 0 Å². The van der Waals surface area contributed by atoms with E-state index in [4.69, 9.17) is 5.73 Å². The van der Waals surface area contributed by atoms with Crippen molar-refractivity contribution >= 4 is 11.6 Å². The zero-order valence-corrected chi connectivity index (χ0v) is 11.3. The Bertz CT molecular complexity index is 605. The minimum absolute atomic E-state index is 0.305. The number of carbonyl (C=O) groups is 1. The lowest BCUT2D eigenvalue weighted by Crippen LogP contribution is -2.14. The summed E-state index contributed by atoms with van der Waals surface area (Å²) < 4.78 is 0. The number of hydrogen-bond acceptors (Lipinski definition) is 2. The molecule has 2 aromatic rings. The van der Waals surface area contributed by atoms with Gasteiger partial charge in [0.1, 0.15) is 0 Å². The fraction of sp³-hybridized carbons (Fsp3) is 0.235. The van der Waals surface area contributed by atoms with Gasteiger partial charge in [-0.2, -0.15) is 0 Å². The molecule has 3 nitrogen and oxygen atoms in total. The summed E-state index contributed by atoms with van der Waals surface area (Å²) in [6.45, 7) is 0. The summed E-state index contributed by atoms with van der Waals surface area (Å²) in [5.41, 5.74) is 8.11. The second kappa shape index (κ2) is 5.37. The molecule has 1 unspecified atom stereocenters. The lowest BCUT2D eigenvalue weighted by molar-refractivity contribution is 0.100. The monoisotopic (exact) mass is 266 g/mol. The summed E-state index contributed by atoms with van der Waals surface area (Å²) >= 11 is 0. The summed E-state index contributed by atoms with van der Waals surface area (Å²) in [7, 11) is 0. The number of anilines is 1. The Morgan fingerprint density at radius 1 is 1.10 bits per heavy atom. The van der Waals surface area contributed by atoms with Crippen molar-refractivity contribution in [3.8, 4) is 0 Å². The van der Waals surface area contributed by atoms with Gasteiger partial charge >= 0.3 is 0 Å². The number of hydrogen-bond donors (Lipinski definition) is 2. The minimum Gasteiger partial charge on any atom is -0.378 e. The molecule has 1 aliphatic rings. The molecule has 1 aliphatic carbocycles. The van der Waals surface area contributed by atoms with Gasteiger partial charge in [-0.05, 0) is 42.5 Å². The quantitative estimate of drug-likeness (QED) is 0.872. The van der Waals surface area contributed by atoms with Gasteiger partial charge in [0.15, 0.2) is 0 Å². The largest absolute Gasteiger partial charge is 0.378 e. The van der Waals surface area contributed by atoms with Gasteiger partial charge < -0.3 is 11.1 Å². The van der Waals surface area contributed by atoms with E-state index in [-0.39, 0.29) is 0 Å². The first-order valence-electron chi connectivity index (χ1n) is 6.95. The summed E-state index contributed by atoms with van der Waals surface area (Å²) in [6, 6.07) is 18.1. The molecule has 1 saturated carbocycles. The van der Waals surface area contributed by atoms with Gasteiger partial charge in [-0.3, -0.25) is 4.79 Å². The van der Waals surface area contributed by atoms with Crippen LogP contribution in [0.4, 0.5) is 5.69 Å². The molecular weight excluding hydrogens is 248 g/mol. The van der Waals surface area contributed by atoms with Crippen molar-refractivity contribution in [3.05, 3.63) is 65.7 Å². The van der Waals surface area contributed by atoms with Gasteiger partial charge in [0.2, 0.25) is 5.91 Å². The number of primary amides is 1. The molecule has 0 aromatic heterocycles. The van der Waals surface area contributed by atoms with Crippen molar-refractivity contribution < 1.29 is 4.79 Å². The molecule has 0 bridgehead atoms. The van der Waals surface area contributed by atoms with Gasteiger partial charge in [0.05, 0.1) is 6.04 Å². The zero-order valence-electron chi connectivity index (χ0n) is 11.3. The molecule has 3 rings (SSSR count). The van der Waals surface area contributed by atoms with Crippen molar-refractivity contribution in [2.75, 3.05) is 5.32 Å². The Kier molecular flexibility index (Phi) is 3.42. The van der Waals surface area contributed by atoms with Crippen molar-refractivity contribution in [2.45, 2.75) is 18.9 Å². The number of rotatable bonds is 5. The smallest absolute Gasteiger partial charge is 0.248 e. The first-order chi connectivity index (χ1) is 9.74. The van der Waals surface area contributed by atoms with E-state index < -0.39 is 5.91 Å². The molecule has 1 amide bonds. The molecule has 1 fully saturated rings. The predicted molar refractivity (Wildman–Crippen MR) is 80.5 cm³/mol. The Hall–Kier alpha value is -2.29. The van der Waals surface area contributed by atoms with E-state index in [9.17, 15) is 4.79 Å². The third-order valence-corrected chi connectivity index (χ3v) is 3.72. The lowest BCUT2D eigenvalue weighted by atomic mass is 10.0. The van der Waals surface area contributed by atoms with E-state index in [0.717, 1.165) is 5.69 Å². The average molecular weight is 266 g/mol. The van der Waals surface area contributed by atoms with E-state index in [0.29, 0.717) is 17.5 Å². The van der Waals surface area contributed by atoms with Gasteiger partial charge in [-0.15, -0.1) is 0 Å². The fourth-order valence-electron chi connectivity index (χ4n) is 2.51. The van der Waals surface area contributed by atoms with Gasteiger partial charge in [-0.1, -0.05) is 36.4 Å². The lowest BCUT2D eigenvalue weighted by Gasteiger charge is -2.20. The van der Waals surface area contributed by atoms with Crippen LogP contribution in [0.25, 0.3) is 0 Å². The molecule has 102 valence electrons. The van der Waals surface area contributed by atoms with E-state index in [1.807, 2.05) is 24.3 Å². The average Bonchev–Trinajstić information content (AvgIpc) is 3.30. The maximum atomic E-state index is 11.2. The maximum Gasteiger partial charge on any atom is 0.248 e. The van der Waals surface area contributed by atoms with Crippen LogP contribution in [-0.4, -0.2) is 5.91 Å².